The zero-order valence-electron chi connectivity index (χ0n) is 23.3. The molecule has 0 bridgehead atoms. The summed E-state index contributed by atoms with van der Waals surface area (Å²) in [5.74, 6) is 0.242. The minimum absolute atomic E-state index is 0.242. The largest absolute Gasteiger partial charge is 0.397 e. The maximum atomic E-state index is 12.8. The Morgan fingerprint density at radius 2 is 1.67 bits per heavy atom. The van der Waals surface area contributed by atoms with E-state index in [1.165, 1.54) is 27.9 Å². The van der Waals surface area contributed by atoms with E-state index >= 15 is 0 Å². The van der Waals surface area contributed by atoms with E-state index in [1.54, 1.807) is 19.1 Å². The van der Waals surface area contributed by atoms with E-state index < -0.39 is 0 Å². The molecule has 0 radical (unpaired) electrons. The van der Waals surface area contributed by atoms with Crippen molar-refractivity contribution in [1.29, 1.82) is 0 Å². The van der Waals surface area contributed by atoms with E-state index in [0.29, 0.717) is 12.5 Å². The number of fused-ring (bicyclic) bond motifs is 1. The molecule has 36 heavy (non-hydrogen) atoms. The lowest BCUT2D eigenvalue weighted by Crippen LogP contribution is -2.47. The predicted octanol–water partition coefficient (Wildman–Crippen LogP) is 5.24. The van der Waals surface area contributed by atoms with Crippen molar-refractivity contribution >= 4 is 23.7 Å². The van der Waals surface area contributed by atoms with Crippen LogP contribution in [0.5, 0.6) is 0 Å². The van der Waals surface area contributed by atoms with Crippen LogP contribution in [0.2, 0.25) is 0 Å². The Labute approximate surface area is 223 Å². The first-order valence-electron chi connectivity index (χ1n) is 13.2. The van der Waals surface area contributed by atoms with Gasteiger partial charge >= 0.3 is 0 Å². The third-order valence-corrected chi connectivity index (χ3v) is 7.00. The Hall–Kier alpha value is -2.06. The smallest absolute Gasteiger partial charge is 0.227 e. The quantitative estimate of drug-likeness (QED) is 0.532. The molecule has 2 heterocycles. The van der Waals surface area contributed by atoms with Crippen LogP contribution in [-0.2, 0) is 17.6 Å². The summed E-state index contributed by atoms with van der Waals surface area (Å²) in [7, 11) is 4.11. The number of rotatable bonds is 5. The van der Waals surface area contributed by atoms with Gasteiger partial charge in [0.25, 0.3) is 0 Å². The van der Waals surface area contributed by atoms with Gasteiger partial charge in [-0.1, -0.05) is 55.3 Å². The first-order chi connectivity index (χ1) is 17.3. The summed E-state index contributed by atoms with van der Waals surface area (Å²) in [4.78, 5) is 14.9. The summed E-state index contributed by atoms with van der Waals surface area (Å²) < 4.78 is 4.42. The number of benzene rings is 2. The summed E-state index contributed by atoms with van der Waals surface area (Å²) in [5, 5.41) is 11.3. The van der Waals surface area contributed by atoms with Crippen LogP contribution < -0.4 is 5.32 Å². The monoisotopic (exact) mass is 514 g/mol. The standard InChI is InChI=1S/C25H34N4OS.C2H6O.C2H6/c1-18-13-19(2)15-22(14-18)24-8-6-21-16-20(5-7-23(21)26-24)17-25(30)28-9-11-29(12-10-28)31-27(3)4;1-2-3;1-2/h5,7,13-16,24,26H,6,8-12,17H2,1-4H3;3H,2H2,1H3;1-2H3/t24-;;/m0../s1. The van der Waals surface area contributed by atoms with Crippen molar-refractivity contribution in [3.05, 3.63) is 64.2 Å². The van der Waals surface area contributed by atoms with Gasteiger partial charge in [0.1, 0.15) is 0 Å². The maximum absolute atomic E-state index is 12.8. The number of hydrogen-bond acceptors (Lipinski definition) is 6. The van der Waals surface area contributed by atoms with Gasteiger partial charge in [0.2, 0.25) is 5.91 Å². The van der Waals surface area contributed by atoms with Crippen LogP contribution in [0, 0.1) is 13.8 Å². The Kier molecular flexibility index (Phi) is 12.8. The minimum Gasteiger partial charge on any atom is -0.397 e. The number of nitrogens with one attached hydrogen (secondary N) is 1. The van der Waals surface area contributed by atoms with Crippen LogP contribution in [0.4, 0.5) is 5.69 Å². The molecule has 0 saturated carbocycles. The van der Waals surface area contributed by atoms with Crippen molar-refractivity contribution in [1.82, 2.24) is 13.5 Å². The van der Waals surface area contributed by atoms with Crippen LogP contribution >= 0.6 is 12.1 Å². The normalized spacial score (nSPS) is 17.2. The molecule has 0 spiro atoms. The summed E-state index contributed by atoms with van der Waals surface area (Å²) in [5.41, 5.74) is 7.67. The van der Waals surface area contributed by atoms with Gasteiger partial charge in [-0.15, -0.1) is 0 Å². The number of aryl methyl sites for hydroxylation is 3. The first-order valence-corrected chi connectivity index (χ1v) is 14.0. The predicted molar refractivity (Wildman–Crippen MR) is 154 cm³/mol. The molecule has 6 nitrogen and oxygen atoms in total. The van der Waals surface area contributed by atoms with E-state index in [4.69, 9.17) is 5.11 Å². The van der Waals surface area contributed by atoms with Gasteiger partial charge in [-0.05, 0) is 70.5 Å². The van der Waals surface area contributed by atoms with Gasteiger partial charge in [0.15, 0.2) is 0 Å². The highest BCUT2D eigenvalue weighted by atomic mass is 32.2. The molecular formula is C29H46N4O2S. The SMILES string of the molecule is CC.CCO.Cc1cc(C)cc([C@@H]2CCc3cc(CC(=O)N4CCN(SN(C)C)CC4)ccc3N2)c1. The molecule has 1 amide bonds. The topological polar surface area (TPSA) is 59.1 Å². The number of piperazine rings is 1. The van der Waals surface area contributed by atoms with Crippen LogP contribution in [0.1, 0.15) is 61.1 Å². The Morgan fingerprint density at radius 3 is 2.25 bits per heavy atom. The van der Waals surface area contributed by atoms with E-state index in [1.807, 2.05) is 18.7 Å². The maximum Gasteiger partial charge on any atom is 0.227 e. The van der Waals surface area contributed by atoms with Crippen molar-refractivity contribution in [2.75, 3.05) is 52.2 Å². The Morgan fingerprint density at radius 1 is 1.06 bits per heavy atom. The fraction of sp³-hybridized carbons (Fsp3) is 0.552. The van der Waals surface area contributed by atoms with Gasteiger partial charge in [0, 0.05) is 50.6 Å². The van der Waals surface area contributed by atoms with Crippen molar-refractivity contribution < 1.29 is 9.90 Å². The van der Waals surface area contributed by atoms with Crippen molar-refractivity contribution in [2.24, 2.45) is 0 Å². The molecule has 0 aromatic heterocycles. The molecular weight excluding hydrogens is 468 g/mol. The number of aliphatic hydroxyl groups excluding tert-OH is 1. The molecule has 1 fully saturated rings. The molecule has 2 N–H and O–H groups in total. The second-order valence-electron chi connectivity index (χ2n) is 9.34. The third kappa shape index (κ3) is 9.11. The fourth-order valence-corrected chi connectivity index (χ4v) is 5.45. The molecule has 2 aromatic carbocycles. The van der Waals surface area contributed by atoms with Gasteiger partial charge in [-0.25, -0.2) is 8.61 Å². The van der Waals surface area contributed by atoms with Crippen molar-refractivity contribution in [3.63, 3.8) is 0 Å². The van der Waals surface area contributed by atoms with Crippen LogP contribution in [0.25, 0.3) is 0 Å². The van der Waals surface area contributed by atoms with E-state index in [2.05, 4.69) is 78.3 Å². The van der Waals surface area contributed by atoms with E-state index in [-0.39, 0.29) is 12.5 Å². The number of aliphatic hydroxyl groups is 1. The molecule has 2 aliphatic heterocycles. The highest BCUT2D eigenvalue weighted by Gasteiger charge is 2.23. The first kappa shape index (κ1) is 30.2. The van der Waals surface area contributed by atoms with Gasteiger partial charge in [-0.2, -0.15) is 0 Å². The van der Waals surface area contributed by atoms with Crippen molar-refractivity contribution in [3.8, 4) is 0 Å². The van der Waals surface area contributed by atoms with Crippen LogP contribution in [0.3, 0.4) is 0 Å². The number of hydrogen-bond donors (Lipinski definition) is 2. The lowest BCUT2D eigenvalue weighted by atomic mass is 9.90. The number of anilines is 1. The Bertz CT molecular complexity index is 938. The number of carbonyl (C=O) groups is 1. The molecule has 2 aromatic rings. The molecule has 1 atom stereocenters. The van der Waals surface area contributed by atoms with E-state index in [0.717, 1.165) is 44.6 Å². The average molecular weight is 515 g/mol. The highest BCUT2D eigenvalue weighted by Crippen LogP contribution is 2.34. The molecule has 7 heteroatoms. The zero-order valence-corrected chi connectivity index (χ0v) is 24.1. The van der Waals surface area contributed by atoms with Gasteiger partial charge in [0.05, 0.1) is 12.5 Å². The molecule has 4 rings (SSSR count). The lowest BCUT2D eigenvalue weighted by molar-refractivity contribution is -0.131. The summed E-state index contributed by atoms with van der Waals surface area (Å²) in [6, 6.07) is 13.7. The van der Waals surface area contributed by atoms with Crippen molar-refractivity contribution in [2.45, 2.75) is 59.9 Å². The van der Waals surface area contributed by atoms with E-state index in [9.17, 15) is 4.79 Å². The number of amides is 1. The molecule has 200 valence electrons. The summed E-state index contributed by atoms with van der Waals surface area (Å²) in [6.07, 6.45) is 2.62. The molecule has 0 unspecified atom stereocenters. The minimum atomic E-state index is 0.242. The average Bonchev–Trinajstić information content (AvgIpc) is 2.85. The second kappa shape index (κ2) is 15.3. The number of nitrogens with zero attached hydrogens (tertiary/aromatic N) is 3. The van der Waals surface area contributed by atoms with Gasteiger partial charge < -0.3 is 15.3 Å². The lowest BCUT2D eigenvalue weighted by Gasteiger charge is -2.35. The molecule has 1 saturated heterocycles. The van der Waals surface area contributed by atoms with Crippen LogP contribution in [-0.4, -0.2) is 71.4 Å². The fourth-order valence-electron chi connectivity index (χ4n) is 4.66. The summed E-state index contributed by atoms with van der Waals surface area (Å²) in [6.45, 7) is 13.7. The third-order valence-electron chi connectivity index (χ3n) is 6.07. The number of carbonyl (C=O) groups excluding carboxylic acids is 1. The Balaban J connectivity index is 0.000000850. The second-order valence-corrected chi connectivity index (χ2v) is 10.8. The summed E-state index contributed by atoms with van der Waals surface area (Å²) >= 11 is 1.73. The van der Waals surface area contributed by atoms with Crippen LogP contribution in [0.15, 0.2) is 36.4 Å². The van der Waals surface area contributed by atoms with Gasteiger partial charge in [-0.3, -0.25) is 4.79 Å². The highest BCUT2D eigenvalue weighted by molar-refractivity contribution is 7.94. The molecule has 2 aliphatic rings. The zero-order chi connectivity index (χ0) is 26.7. The molecule has 0 aliphatic carbocycles.